The van der Waals surface area contributed by atoms with Gasteiger partial charge in [0, 0.05) is 11.0 Å². The summed E-state index contributed by atoms with van der Waals surface area (Å²) in [6.45, 7) is 1.38. The third-order valence-corrected chi connectivity index (χ3v) is 3.85. The number of hydrogen-bond donors (Lipinski definition) is 1. The third-order valence-electron chi connectivity index (χ3n) is 3.07. The number of carbonyl (C=O) groups is 1. The van der Waals surface area contributed by atoms with E-state index in [1.165, 1.54) is 12.1 Å². The van der Waals surface area contributed by atoms with E-state index in [2.05, 4.69) is 15.9 Å². The van der Waals surface area contributed by atoms with E-state index in [4.69, 9.17) is 5.73 Å². The number of likely N-dealkylation sites (tertiary alicyclic amines) is 1. The average molecular weight is 301 g/mol. The van der Waals surface area contributed by atoms with E-state index >= 15 is 0 Å². The van der Waals surface area contributed by atoms with Gasteiger partial charge >= 0.3 is 0 Å². The highest BCUT2D eigenvalue weighted by atomic mass is 79.9. The van der Waals surface area contributed by atoms with Gasteiger partial charge in [0.1, 0.15) is 5.82 Å². The van der Waals surface area contributed by atoms with Gasteiger partial charge in [-0.05, 0) is 43.1 Å². The van der Waals surface area contributed by atoms with Crippen LogP contribution in [0.3, 0.4) is 0 Å². The van der Waals surface area contributed by atoms with Crippen LogP contribution < -0.4 is 5.73 Å². The highest BCUT2D eigenvalue weighted by Gasteiger charge is 2.29. The summed E-state index contributed by atoms with van der Waals surface area (Å²) in [6, 6.07) is 4.36. The Morgan fingerprint density at radius 3 is 3.06 bits per heavy atom. The highest BCUT2D eigenvalue weighted by molar-refractivity contribution is 9.10. The molecule has 92 valence electrons. The number of amides is 1. The van der Waals surface area contributed by atoms with Crippen LogP contribution in [0.15, 0.2) is 22.7 Å². The maximum absolute atomic E-state index is 13.1. The molecule has 0 unspecified atom stereocenters. The predicted molar refractivity (Wildman–Crippen MR) is 66.7 cm³/mol. The first-order valence-corrected chi connectivity index (χ1v) is 6.34. The van der Waals surface area contributed by atoms with E-state index in [1.54, 1.807) is 6.07 Å². The minimum absolute atomic E-state index is 0.217. The first kappa shape index (κ1) is 12.5. The lowest BCUT2D eigenvalue weighted by Crippen LogP contribution is -2.39. The Morgan fingerprint density at radius 1 is 1.59 bits per heavy atom. The quantitative estimate of drug-likeness (QED) is 0.928. The van der Waals surface area contributed by atoms with Crippen LogP contribution >= 0.6 is 15.9 Å². The van der Waals surface area contributed by atoms with Crippen molar-refractivity contribution in [2.24, 2.45) is 5.73 Å². The van der Waals surface area contributed by atoms with Gasteiger partial charge in [0.15, 0.2) is 0 Å². The Kier molecular flexibility index (Phi) is 3.79. The molecular weight excluding hydrogens is 287 g/mol. The fourth-order valence-electron chi connectivity index (χ4n) is 2.22. The number of nitrogens with zero attached hydrogens (tertiary/aromatic N) is 1. The summed E-state index contributed by atoms with van der Waals surface area (Å²) < 4.78 is 14.0. The van der Waals surface area contributed by atoms with Crippen LogP contribution in [0, 0.1) is 5.82 Å². The van der Waals surface area contributed by atoms with Crippen molar-refractivity contribution in [1.82, 2.24) is 4.90 Å². The fourth-order valence-corrected chi connectivity index (χ4v) is 2.59. The molecule has 1 aliphatic heterocycles. The normalized spacial score (nSPS) is 20.7. The molecule has 1 atom stereocenters. The second kappa shape index (κ2) is 5.14. The van der Waals surface area contributed by atoms with Crippen molar-refractivity contribution in [1.29, 1.82) is 0 Å². The number of rotatable bonds is 3. The van der Waals surface area contributed by atoms with Crippen molar-refractivity contribution in [2.75, 3.05) is 6.54 Å². The van der Waals surface area contributed by atoms with Gasteiger partial charge in [-0.25, -0.2) is 4.39 Å². The zero-order valence-corrected chi connectivity index (χ0v) is 10.9. The van der Waals surface area contributed by atoms with Gasteiger partial charge in [0.2, 0.25) is 5.91 Å². The summed E-state index contributed by atoms with van der Waals surface area (Å²) in [6.07, 6.45) is 1.75. The summed E-state index contributed by atoms with van der Waals surface area (Å²) >= 11 is 3.39. The van der Waals surface area contributed by atoms with Gasteiger partial charge in [-0.3, -0.25) is 9.69 Å². The van der Waals surface area contributed by atoms with Gasteiger partial charge < -0.3 is 5.73 Å². The molecular formula is C12H14BrFN2O. The third kappa shape index (κ3) is 2.84. The van der Waals surface area contributed by atoms with E-state index in [-0.39, 0.29) is 17.8 Å². The summed E-state index contributed by atoms with van der Waals surface area (Å²) in [5, 5.41) is 0. The minimum atomic E-state index is -0.296. The van der Waals surface area contributed by atoms with Crippen molar-refractivity contribution in [3.8, 4) is 0 Å². The van der Waals surface area contributed by atoms with E-state index in [9.17, 15) is 9.18 Å². The Hall–Kier alpha value is -0.940. The molecule has 1 aromatic rings. The number of hydrogen-bond acceptors (Lipinski definition) is 2. The van der Waals surface area contributed by atoms with E-state index in [1.807, 2.05) is 4.90 Å². The molecule has 0 bridgehead atoms. The number of primary amides is 1. The summed E-state index contributed by atoms with van der Waals surface area (Å²) in [5.41, 5.74) is 6.19. The van der Waals surface area contributed by atoms with Crippen molar-refractivity contribution < 1.29 is 9.18 Å². The number of halogens is 2. The van der Waals surface area contributed by atoms with Crippen LogP contribution in [-0.4, -0.2) is 23.4 Å². The van der Waals surface area contributed by atoms with Gasteiger partial charge in [-0.1, -0.05) is 15.9 Å². The fraction of sp³-hybridized carbons (Fsp3) is 0.417. The molecule has 2 rings (SSSR count). The SMILES string of the molecule is NC(=O)[C@@H]1CCCN1Cc1cc(F)ccc1Br. The Labute approximate surface area is 108 Å². The number of nitrogens with two attached hydrogens (primary N) is 1. The summed E-state index contributed by atoms with van der Waals surface area (Å²) in [7, 11) is 0. The Balaban J connectivity index is 2.15. The maximum atomic E-state index is 13.1. The lowest BCUT2D eigenvalue weighted by atomic mass is 10.1. The molecule has 2 N–H and O–H groups in total. The first-order chi connectivity index (χ1) is 8.08. The molecule has 17 heavy (non-hydrogen) atoms. The zero-order valence-electron chi connectivity index (χ0n) is 9.33. The molecule has 1 aromatic carbocycles. The van der Waals surface area contributed by atoms with Crippen molar-refractivity contribution in [3.05, 3.63) is 34.1 Å². The highest BCUT2D eigenvalue weighted by Crippen LogP contribution is 2.24. The molecule has 1 fully saturated rings. The molecule has 0 aliphatic carbocycles. The largest absolute Gasteiger partial charge is 0.368 e. The zero-order chi connectivity index (χ0) is 12.4. The number of carbonyl (C=O) groups excluding carboxylic acids is 1. The van der Waals surface area contributed by atoms with Gasteiger partial charge in [-0.2, -0.15) is 0 Å². The van der Waals surface area contributed by atoms with Crippen LogP contribution in [0.1, 0.15) is 18.4 Å². The van der Waals surface area contributed by atoms with Gasteiger partial charge in [-0.15, -0.1) is 0 Å². The predicted octanol–water partition coefficient (Wildman–Crippen LogP) is 2.04. The van der Waals surface area contributed by atoms with Crippen molar-refractivity contribution in [3.63, 3.8) is 0 Å². The summed E-state index contributed by atoms with van der Waals surface area (Å²) in [4.78, 5) is 13.3. The Bertz CT molecular complexity index is 439. The van der Waals surface area contributed by atoms with E-state index in [0.29, 0.717) is 6.54 Å². The molecule has 0 saturated carbocycles. The van der Waals surface area contributed by atoms with E-state index in [0.717, 1.165) is 29.4 Å². The lowest BCUT2D eigenvalue weighted by Gasteiger charge is -2.22. The standard InChI is InChI=1S/C12H14BrFN2O/c13-10-4-3-9(14)6-8(10)7-16-5-1-2-11(16)12(15)17/h3-4,6,11H,1-2,5,7H2,(H2,15,17)/t11-/m0/s1. The molecule has 5 heteroatoms. The molecule has 0 radical (unpaired) electrons. The van der Waals surface area contributed by atoms with Gasteiger partial charge in [0.25, 0.3) is 0 Å². The van der Waals surface area contributed by atoms with E-state index < -0.39 is 0 Å². The van der Waals surface area contributed by atoms with Crippen molar-refractivity contribution in [2.45, 2.75) is 25.4 Å². The first-order valence-electron chi connectivity index (χ1n) is 5.55. The summed E-state index contributed by atoms with van der Waals surface area (Å²) in [5.74, 6) is -0.562. The smallest absolute Gasteiger partial charge is 0.234 e. The molecule has 3 nitrogen and oxygen atoms in total. The molecule has 1 heterocycles. The second-order valence-corrected chi connectivity index (χ2v) is 5.12. The topological polar surface area (TPSA) is 46.3 Å². The van der Waals surface area contributed by atoms with Crippen LogP contribution in [-0.2, 0) is 11.3 Å². The lowest BCUT2D eigenvalue weighted by molar-refractivity contribution is -0.122. The van der Waals surface area contributed by atoms with Crippen LogP contribution in [0.5, 0.6) is 0 Å². The van der Waals surface area contributed by atoms with Crippen LogP contribution in [0.25, 0.3) is 0 Å². The maximum Gasteiger partial charge on any atom is 0.234 e. The average Bonchev–Trinajstić information content (AvgIpc) is 2.71. The van der Waals surface area contributed by atoms with Crippen LogP contribution in [0.4, 0.5) is 4.39 Å². The molecule has 1 aliphatic rings. The van der Waals surface area contributed by atoms with Crippen LogP contribution in [0.2, 0.25) is 0 Å². The van der Waals surface area contributed by atoms with Gasteiger partial charge in [0.05, 0.1) is 6.04 Å². The molecule has 1 amide bonds. The second-order valence-electron chi connectivity index (χ2n) is 4.27. The molecule has 0 aromatic heterocycles. The molecule has 0 spiro atoms. The number of benzene rings is 1. The Morgan fingerprint density at radius 2 is 2.35 bits per heavy atom. The molecule has 1 saturated heterocycles. The minimum Gasteiger partial charge on any atom is -0.368 e. The van der Waals surface area contributed by atoms with Crippen molar-refractivity contribution >= 4 is 21.8 Å². The monoisotopic (exact) mass is 300 g/mol.